The molecule has 3 aromatic heterocycles. The van der Waals surface area contributed by atoms with Crippen molar-refractivity contribution in [2.24, 2.45) is 0 Å². The molecule has 0 aromatic carbocycles. The maximum Gasteiger partial charge on any atom is 0.280 e. The summed E-state index contributed by atoms with van der Waals surface area (Å²) < 4.78 is 0. The van der Waals surface area contributed by atoms with Crippen molar-refractivity contribution in [2.75, 3.05) is 22.5 Å². The van der Waals surface area contributed by atoms with E-state index >= 15 is 0 Å². The first-order chi connectivity index (χ1) is 10.9. The Labute approximate surface area is 127 Å². The number of fused-ring (bicyclic) bond motifs is 1. The second kappa shape index (κ2) is 5.25. The van der Waals surface area contributed by atoms with Crippen molar-refractivity contribution in [2.45, 2.75) is 6.54 Å². The SMILES string of the molecule is Nc1nc2ncc(CNc3nc(N)c(N)c(=O)[nH]3)nc2c(=O)[nH]1. The van der Waals surface area contributed by atoms with Gasteiger partial charge in [-0.05, 0) is 0 Å². The molecule has 23 heavy (non-hydrogen) atoms. The van der Waals surface area contributed by atoms with E-state index in [9.17, 15) is 9.59 Å². The van der Waals surface area contributed by atoms with Gasteiger partial charge in [0, 0.05) is 0 Å². The number of hydrogen-bond donors (Lipinski definition) is 6. The maximum absolute atomic E-state index is 11.8. The van der Waals surface area contributed by atoms with E-state index in [4.69, 9.17) is 17.2 Å². The van der Waals surface area contributed by atoms with Gasteiger partial charge in [-0.3, -0.25) is 19.6 Å². The summed E-state index contributed by atoms with van der Waals surface area (Å²) in [4.78, 5) is 43.9. The molecule has 0 unspecified atom stereocenters. The van der Waals surface area contributed by atoms with E-state index in [1.165, 1.54) is 6.20 Å². The summed E-state index contributed by atoms with van der Waals surface area (Å²) in [5.74, 6) is -0.00768. The van der Waals surface area contributed by atoms with Gasteiger partial charge in [0.2, 0.25) is 11.9 Å². The fraction of sp³-hybridized carbons (Fsp3) is 0.0909. The standard InChI is InChI=1S/C11H12N10O2/c12-4-6(13)18-11(21-8(4)22)16-2-3-1-15-7-5(17-3)9(23)20-10(14)19-7/h1H,2,12H2,(H4,13,16,18,21,22)(H3,14,15,19,20,23). The first kappa shape index (κ1) is 14.2. The average molecular weight is 316 g/mol. The van der Waals surface area contributed by atoms with Gasteiger partial charge >= 0.3 is 0 Å². The van der Waals surface area contributed by atoms with Crippen LogP contribution < -0.4 is 33.6 Å². The van der Waals surface area contributed by atoms with Gasteiger partial charge in [0.15, 0.2) is 17.0 Å². The Bertz CT molecular complexity index is 1010. The number of nitrogens with two attached hydrogens (primary N) is 3. The average Bonchev–Trinajstić information content (AvgIpc) is 2.50. The lowest BCUT2D eigenvalue weighted by molar-refractivity contribution is 0.983. The summed E-state index contributed by atoms with van der Waals surface area (Å²) in [6.45, 7) is 0.138. The molecule has 0 radical (unpaired) electrons. The molecule has 0 saturated heterocycles. The number of nitrogens with one attached hydrogen (secondary N) is 3. The number of aromatic nitrogens is 6. The lowest BCUT2D eigenvalue weighted by Crippen LogP contribution is -2.19. The molecule has 3 heterocycles. The van der Waals surface area contributed by atoms with Crippen LogP contribution in [0.1, 0.15) is 5.69 Å². The highest BCUT2D eigenvalue weighted by molar-refractivity contribution is 5.69. The first-order valence-electron chi connectivity index (χ1n) is 6.34. The van der Waals surface area contributed by atoms with Crippen molar-refractivity contribution in [3.05, 3.63) is 32.6 Å². The Hall–Kier alpha value is -3.70. The van der Waals surface area contributed by atoms with Crippen molar-refractivity contribution in [1.82, 2.24) is 29.9 Å². The van der Waals surface area contributed by atoms with Gasteiger partial charge in [-0.2, -0.15) is 9.97 Å². The van der Waals surface area contributed by atoms with Crippen LogP contribution in [0, 0.1) is 0 Å². The van der Waals surface area contributed by atoms with Crippen molar-refractivity contribution in [1.29, 1.82) is 0 Å². The van der Waals surface area contributed by atoms with Crippen LogP contribution in [0.2, 0.25) is 0 Å². The predicted octanol–water partition coefficient (Wildman–Crippen LogP) is -1.84. The van der Waals surface area contributed by atoms with Crippen LogP contribution in [0.25, 0.3) is 11.2 Å². The van der Waals surface area contributed by atoms with Gasteiger partial charge in [-0.25, -0.2) is 9.97 Å². The van der Waals surface area contributed by atoms with Crippen LogP contribution in [0.5, 0.6) is 0 Å². The van der Waals surface area contributed by atoms with Crippen LogP contribution >= 0.6 is 0 Å². The predicted molar refractivity (Wildman–Crippen MR) is 83.4 cm³/mol. The Kier molecular flexibility index (Phi) is 3.25. The van der Waals surface area contributed by atoms with Crippen molar-refractivity contribution < 1.29 is 0 Å². The smallest absolute Gasteiger partial charge is 0.280 e. The normalized spacial score (nSPS) is 10.8. The van der Waals surface area contributed by atoms with Gasteiger partial charge in [-0.15, -0.1) is 0 Å². The van der Waals surface area contributed by atoms with Crippen molar-refractivity contribution >= 4 is 34.6 Å². The van der Waals surface area contributed by atoms with Crippen LogP contribution in [0.3, 0.4) is 0 Å². The monoisotopic (exact) mass is 316 g/mol. The zero-order valence-corrected chi connectivity index (χ0v) is 11.6. The fourth-order valence-electron chi connectivity index (χ4n) is 1.81. The van der Waals surface area contributed by atoms with Gasteiger partial charge in [0.1, 0.15) is 5.69 Å². The number of anilines is 4. The van der Waals surface area contributed by atoms with Gasteiger partial charge in [0.05, 0.1) is 18.4 Å². The third-order valence-electron chi connectivity index (χ3n) is 2.91. The molecular weight excluding hydrogens is 304 g/mol. The van der Waals surface area contributed by atoms with Gasteiger partial charge in [-0.1, -0.05) is 0 Å². The zero-order chi connectivity index (χ0) is 16.6. The van der Waals surface area contributed by atoms with E-state index in [1.807, 2.05) is 0 Å². The highest BCUT2D eigenvalue weighted by Gasteiger charge is 2.08. The molecule has 0 saturated carbocycles. The van der Waals surface area contributed by atoms with Crippen LogP contribution in [0.15, 0.2) is 15.8 Å². The number of H-pyrrole nitrogens is 2. The lowest BCUT2D eigenvalue weighted by Gasteiger charge is -2.07. The lowest BCUT2D eigenvalue weighted by atomic mass is 10.4. The van der Waals surface area contributed by atoms with Crippen LogP contribution in [0.4, 0.5) is 23.4 Å². The molecular formula is C11H12N10O2. The molecule has 0 aliphatic heterocycles. The number of hydrogen-bond acceptors (Lipinski definition) is 10. The molecule has 0 spiro atoms. The second-order valence-corrected chi connectivity index (χ2v) is 4.55. The molecule has 0 amide bonds. The number of aromatic amines is 2. The van der Waals surface area contributed by atoms with Crippen molar-refractivity contribution in [3.8, 4) is 0 Å². The topological polar surface area (TPSA) is 207 Å². The molecule has 12 nitrogen and oxygen atoms in total. The molecule has 3 aromatic rings. The summed E-state index contributed by atoms with van der Waals surface area (Å²) in [7, 11) is 0. The zero-order valence-electron chi connectivity index (χ0n) is 11.6. The number of nitrogens with zero attached hydrogens (tertiary/aromatic N) is 4. The van der Waals surface area contributed by atoms with Crippen molar-refractivity contribution in [3.63, 3.8) is 0 Å². The molecule has 12 heteroatoms. The summed E-state index contributed by atoms with van der Waals surface area (Å²) in [6.07, 6.45) is 1.42. The molecule has 0 fully saturated rings. The third-order valence-corrected chi connectivity index (χ3v) is 2.91. The van der Waals surface area contributed by atoms with Gasteiger partial charge < -0.3 is 22.5 Å². The van der Waals surface area contributed by atoms with Crippen LogP contribution in [-0.4, -0.2) is 29.9 Å². The number of rotatable bonds is 3. The highest BCUT2D eigenvalue weighted by atomic mass is 16.1. The Morgan fingerprint density at radius 1 is 1.04 bits per heavy atom. The van der Waals surface area contributed by atoms with E-state index in [2.05, 4.69) is 35.2 Å². The molecule has 9 N–H and O–H groups in total. The Morgan fingerprint density at radius 3 is 2.57 bits per heavy atom. The molecule has 3 rings (SSSR count). The van der Waals surface area contributed by atoms with Gasteiger partial charge in [0.25, 0.3) is 11.1 Å². The van der Waals surface area contributed by atoms with E-state index in [0.717, 1.165) is 0 Å². The van der Waals surface area contributed by atoms with E-state index in [0.29, 0.717) is 5.69 Å². The summed E-state index contributed by atoms with van der Waals surface area (Å²) in [5, 5.41) is 2.80. The Morgan fingerprint density at radius 2 is 1.83 bits per heavy atom. The largest absolute Gasteiger partial charge is 0.391 e. The molecule has 0 atom stereocenters. The fourth-order valence-corrected chi connectivity index (χ4v) is 1.81. The molecule has 0 aliphatic rings. The second-order valence-electron chi connectivity index (χ2n) is 4.55. The van der Waals surface area contributed by atoms with E-state index in [-0.39, 0.29) is 41.1 Å². The minimum absolute atomic E-state index is 0.0400. The minimum atomic E-state index is -0.555. The van der Waals surface area contributed by atoms with E-state index < -0.39 is 11.1 Å². The van der Waals surface area contributed by atoms with E-state index in [1.54, 1.807) is 0 Å². The molecule has 0 aliphatic carbocycles. The molecule has 0 bridgehead atoms. The summed E-state index contributed by atoms with van der Waals surface area (Å²) >= 11 is 0. The Balaban J connectivity index is 1.88. The quantitative estimate of drug-likeness (QED) is 0.318. The maximum atomic E-state index is 11.8. The third kappa shape index (κ3) is 2.72. The van der Waals surface area contributed by atoms with Crippen LogP contribution in [-0.2, 0) is 6.54 Å². The highest BCUT2D eigenvalue weighted by Crippen LogP contribution is 2.08. The first-order valence-corrected chi connectivity index (χ1v) is 6.34. The summed E-state index contributed by atoms with van der Waals surface area (Å²) in [5.41, 5.74) is 15.8. The molecule has 118 valence electrons. The number of nitrogen functional groups attached to an aromatic ring is 3. The summed E-state index contributed by atoms with van der Waals surface area (Å²) in [6, 6.07) is 0. The minimum Gasteiger partial charge on any atom is -0.391 e.